The summed E-state index contributed by atoms with van der Waals surface area (Å²) in [6, 6.07) is 15.9. The zero-order valence-electron chi connectivity index (χ0n) is 13.7. The second-order valence-electron chi connectivity index (χ2n) is 5.70. The van der Waals surface area contributed by atoms with E-state index < -0.39 is 0 Å². The van der Waals surface area contributed by atoms with Crippen molar-refractivity contribution in [2.24, 2.45) is 0 Å². The first-order chi connectivity index (χ1) is 11.8. The van der Waals surface area contributed by atoms with Crippen LogP contribution in [0.2, 0.25) is 5.02 Å². The zero-order chi connectivity index (χ0) is 16.6. The predicted octanol–water partition coefficient (Wildman–Crippen LogP) is 4.06. The van der Waals surface area contributed by atoms with Crippen LogP contribution in [-0.4, -0.2) is 39.5 Å². The molecule has 0 saturated carbocycles. The molecule has 0 aliphatic carbocycles. The van der Waals surface area contributed by atoms with Gasteiger partial charge in [-0.3, -0.25) is 0 Å². The van der Waals surface area contributed by atoms with Gasteiger partial charge in [0.15, 0.2) is 0 Å². The highest BCUT2D eigenvalue weighted by atomic mass is 35.5. The van der Waals surface area contributed by atoms with E-state index in [2.05, 4.69) is 16.3 Å². The number of nitrogens with zero attached hydrogens (tertiary/aromatic N) is 1. The number of ether oxygens (including phenoxy) is 2. The van der Waals surface area contributed by atoms with Crippen molar-refractivity contribution >= 4 is 23.0 Å². The standard InChI is InChI=1S/C19H23ClN2O2/c20-16-7-8-19(22-10-13-23-14-11-22)18(15-16)21-9-4-12-24-17-5-2-1-3-6-17/h1-3,5-8,15,21H,4,9-14H2. The Bertz CT molecular complexity index is 631. The number of rotatable bonds is 7. The Morgan fingerprint density at radius 2 is 1.88 bits per heavy atom. The van der Waals surface area contributed by atoms with Gasteiger partial charge in [-0.25, -0.2) is 0 Å². The monoisotopic (exact) mass is 346 g/mol. The minimum Gasteiger partial charge on any atom is -0.494 e. The van der Waals surface area contributed by atoms with Gasteiger partial charge in [-0.2, -0.15) is 0 Å². The summed E-state index contributed by atoms with van der Waals surface area (Å²) in [7, 11) is 0. The van der Waals surface area contributed by atoms with Crippen molar-refractivity contribution in [2.75, 3.05) is 49.7 Å². The fraction of sp³-hybridized carbons (Fsp3) is 0.368. The lowest BCUT2D eigenvalue weighted by atomic mass is 10.2. The molecule has 5 heteroatoms. The molecule has 128 valence electrons. The molecule has 4 nitrogen and oxygen atoms in total. The van der Waals surface area contributed by atoms with E-state index in [1.165, 1.54) is 5.69 Å². The summed E-state index contributed by atoms with van der Waals surface area (Å²) in [6.07, 6.45) is 0.921. The first-order valence-electron chi connectivity index (χ1n) is 8.37. The van der Waals surface area contributed by atoms with Crippen LogP contribution >= 0.6 is 11.6 Å². The maximum absolute atomic E-state index is 6.17. The van der Waals surface area contributed by atoms with Crippen molar-refractivity contribution in [3.8, 4) is 5.75 Å². The smallest absolute Gasteiger partial charge is 0.119 e. The molecule has 1 N–H and O–H groups in total. The highest BCUT2D eigenvalue weighted by molar-refractivity contribution is 6.31. The molecule has 1 fully saturated rings. The van der Waals surface area contributed by atoms with E-state index in [9.17, 15) is 0 Å². The van der Waals surface area contributed by atoms with Crippen molar-refractivity contribution in [3.05, 3.63) is 53.6 Å². The molecule has 1 aliphatic heterocycles. The van der Waals surface area contributed by atoms with E-state index in [1.807, 2.05) is 42.5 Å². The Morgan fingerprint density at radius 1 is 1.08 bits per heavy atom. The van der Waals surface area contributed by atoms with Crippen molar-refractivity contribution in [1.29, 1.82) is 0 Å². The number of benzene rings is 2. The van der Waals surface area contributed by atoms with Gasteiger partial charge in [-0.15, -0.1) is 0 Å². The maximum atomic E-state index is 6.17. The van der Waals surface area contributed by atoms with Crippen LogP contribution in [0.1, 0.15) is 6.42 Å². The van der Waals surface area contributed by atoms with E-state index in [4.69, 9.17) is 21.1 Å². The number of hydrogen-bond donors (Lipinski definition) is 1. The van der Waals surface area contributed by atoms with E-state index in [0.29, 0.717) is 6.61 Å². The number of hydrogen-bond acceptors (Lipinski definition) is 4. The molecule has 2 aromatic rings. The van der Waals surface area contributed by atoms with Gasteiger partial charge >= 0.3 is 0 Å². The van der Waals surface area contributed by atoms with Gasteiger partial charge in [0.25, 0.3) is 0 Å². The van der Waals surface area contributed by atoms with Crippen LogP contribution in [-0.2, 0) is 4.74 Å². The second kappa shape index (κ2) is 8.81. The Kier molecular flexibility index (Phi) is 6.21. The van der Waals surface area contributed by atoms with Crippen molar-refractivity contribution in [1.82, 2.24) is 0 Å². The van der Waals surface area contributed by atoms with Gasteiger partial charge in [0.1, 0.15) is 5.75 Å². The summed E-state index contributed by atoms with van der Waals surface area (Å²) >= 11 is 6.17. The van der Waals surface area contributed by atoms with Gasteiger partial charge in [0.2, 0.25) is 0 Å². The molecule has 3 rings (SSSR count). The zero-order valence-corrected chi connectivity index (χ0v) is 14.5. The summed E-state index contributed by atoms with van der Waals surface area (Å²) in [5.74, 6) is 0.911. The number of para-hydroxylation sites is 1. The summed E-state index contributed by atoms with van der Waals surface area (Å²) in [4.78, 5) is 2.34. The molecule has 0 aromatic heterocycles. The van der Waals surface area contributed by atoms with Crippen LogP contribution in [0.25, 0.3) is 0 Å². The molecule has 1 saturated heterocycles. The Labute approximate surface area is 148 Å². The minimum atomic E-state index is 0.685. The molecule has 0 unspecified atom stereocenters. The lowest BCUT2D eigenvalue weighted by Gasteiger charge is -2.30. The SMILES string of the molecule is Clc1ccc(N2CCOCC2)c(NCCCOc2ccccc2)c1. The van der Waals surface area contributed by atoms with E-state index in [0.717, 1.165) is 55.7 Å². The van der Waals surface area contributed by atoms with Gasteiger partial charge in [-0.1, -0.05) is 29.8 Å². The molecule has 2 aromatic carbocycles. The lowest BCUT2D eigenvalue weighted by Crippen LogP contribution is -2.36. The average Bonchev–Trinajstić information content (AvgIpc) is 2.63. The van der Waals surface area contributed by atoms with E-state index in [-0.39, 0.29) is 0 Å². The van der Waals surface area contributed by atoms with Crippen LogP contribution in [0.3, 0.4) is 0 Å². The predicted molar refractivity (Wildman–Crippen MR) is 99.5 cm³/mol. The largest absolute Gasteiger partial charge is 0.494 e. The first-order valence-corrected chi connectivity index (χ1v) is 8.75. The first kappa shape index (κ1) is 16.9. The third-order valence-electron chi connectivity index (χ3n) is 3.96. The van der Waals surface area contributed by atoms with Crippen LogP contribution in [0.5, 0.6) is 5.75 Å². The second-order valence-corrected chi connectivity index (χ2v) is 6.14. The molecule has 0 spiro atoms. The minimum absolute atomic E-state index is 0.685. The third-order valence-corrected chi connectivity index (χ3v) is 4.19. The third kappa shape index (κ3) is 4.79. The van der Waals surface area contributed by atoms with Crippen LogP contribution in [0.15, 0.2) is 48.5 Å². The van der Waals surface area contributed by atoms with Gasteiger partial charge in [0, 0.05) is 24.7 Å². The van der Waals surface area contributed by atoms with E-state index in [1.54, 1.807) is 0 Å². The summed E-state index contributed by atoms with van der Waals surface area (Å²) in [5.41, 5.74) is 2.26. The van der Waals surface area contributed by atoms with Crippen LogP contribution in [0, 0.1) is 0 Å². The number of nitrogens with one attached hydrogen (secondary N) is 1. The lowest BCUT2D eigenvalue weighted by molar-refractivity contribution is 0.123. The average molecular weight is 347 g/mol. The molecule has 1 heterocycles. The Morgan fingerprint density at radius 3 is 2.67 bits per heavy atom. The summed E-state index contributed by atoms with van der Waals surface area (Å²) in [5, 5.41) is 4.24. The molecule has 1 aliphatic rings. The quantitative estimate of drug-likeness (QED) is 0.767. The number of anilines is 2. The van der Waals surface area contributed by atoms with Crippen molar-refractivity contribution < 1.29 is 9.47 Å². The summed E-state index contributed by atoms with van der Waals surface area (Å²) < 4.78 is 11.2. The van der Waals surface area contributed by atoms with Gasteiger partial charge in [0.05, 0.1) is 31.2 Å². The molecule has 0 radical (unpaired) electrons. The molecule has 0 atom stereocenters. The Balaban J connectivity index is 1.51. The molecule has 0 amide bonds. The Hall–Kier alpha value is -1.91. The summed E-state index contributed by atoms with van der Waals surface area (Å²) in [6.45, 7) is 4.88. The fourth-order valence-corrected chi connectivity index (χ4v) is 2.90. The van der Waals surface area contributed by atoms with Crippen molar-refractivity contribution in [3.63, 3.8) is 0 Å². The van der Waals surface area contributed by atoms with Crippen molar-refractivity contribution in [2.45, 2.75) is 6.42 Å². The van der Waals surface area contributed by atoms with E-state index >= 15 is 0 Å². The molecule has 24 heavy (non-hydrogen) atoms. The number of morpholine rings is 1. The molecular formula is C19H23ClN2O2. The van der Waals surface area contributed by atoms with Crippen LogP contribution in [0.4, 0.5) is 11.4 Å². The molecule has 0 bridgehead atoms. The van der Waals surface area contributed by atoms with Crippen LogP contribution < -0.4 is 15.0 Å². The van der Waals surface area contributed by atoms with Gasteiger partial charge in [-0.05, 0) is 36.8 Å². The number of halogens is 1. The molecular weight excluding hydrogens is 324 g/mol. The highest BCUT2D eigenvalue weighted by Gasteiger charge is 2.14. The topological polar surface area (TPSA) is 33.7 Å². The fourth-order valence-electron chi connectivity index (χ4n) is 2.73. The maximum Gasteiger partial charge on any atom is 0.119 e. The van der Waals surface area contributed by atoms with Gasteiger partial charge < -0.3 is 19.7 Å². The normalized spacial score (nSPS) is 14.5. The highest BCUT2D eigenvalue weighted by Crippen LogP contribution is 2.29.